The molecule has 2 N–H and O–H groups in total. The third-order valence-electron chi connectivity index (χ3n) is 3.91. The molecule has 3 aromatic rings. The summed E-state index contributed by atoms with van der Waals surface area (Å²) in [5, 5.41) is 5.54. The maximum atomic E-state index is 12.4. The van der Waals surface area contributed by atoms with Crippen molar-refractivity contribution in [3.8, 4) is 5.75 Å². The van der Waals surface area contributed by atoms with Crippen LogP contribution in [0, 0.1) is 6.92 Å². The van der Waals surface area contributed by atoms with Gasteiger partial charge in [-0.1, -0.05) is 17.7 Å². The second-order valence-corrected chi connectivity index (χ2v) is 5.93. The summed E-state index contributed by atoms with van der Waals surface area (Å²) in [4.78, 5) is 28.9. The Balaban J connectivity index is 1.70. The average molecular weight is 361 g/mol. The Morgan fingerprint density at radius 2 is 1.44 bits per heavy atom. The highest BCUT2D eigenvalue weighted by Crippen LogP contribution is 2.16. The number of methoxy groups -OCH3 is 1. The van der Waals surface area contributed by atoms with Crippen LogP contribution in [0.3, 0.4) is 0 Å². The predicted octanol–water partition coefficient (Wildman–Crippen LogP) is 3.90. The molecule has 3 rings (SSSR count). The summed E-state index contributed by atoms with van der Waals surface area (Å²) >= 11 is 0. The lowest BCUT2D eigenvalue weighted by molar-refractivity contribution is 0.102. The number of hydrogen-bond donors (Lipinski definition) is 2. The molecule has 2 amide bonds. The SMILES string of the molecule is COc1ccc(NC(=O)c2cc(C(=O)Nc3ccc(C)cc3)ccn2)cc1. The van der Waals surface area contributed by atoms with E-state index in [0.717, 1.165) is 5.56 Å². The lowest BCUT2D eigenvalue weighted by Crippen LogP contribution is -2.17. The minimum absolute atomic E-state index is 0.155. The van der Waals surface area contributed by atoms with Crippen LogP contribution in [-0.2, 0) is 0 Å². The van der Waals surface area contributed by atoms with Crippen molar-refractivity contribution in [2.75, 3.05) is 17.7 Å². The molecule has 136 valence electrons. The smallest absolute Gasteiger partial charge is 0.274 e. The van der Waals surface area contributed by atoms with E-state index in [1.807, 2.05) is 31.2 Å². The highest BCUT2D eigenvalue weighted by molar-refractivity contribution is 6.07. The number of amides is 2. The van der Waals surface area contributed by atoms with Gasteiger partial charge in [-0.2, -0.15) is 0 Å². The van der Waals surface area contributed by atoms with Crippen LogP contribution in [0.25, 0.3) is 0 Å². The first-order valence-electron chi connectivity index (χ1n) is 8.34. The number of aromatic nitrogens is 1. The van der Waals surface area contributed by atoms with Gasteiger partial charge in [0.1, 0.15) is 11.4 Å². The Morgan fingerprint density at radius 1 is 0.852 bits per heavy atom. The first-order chi connectivity index (χ1) is 13.0. The van der Waals surface area contributed by atoms with Crippen molar-refractivity contribution in [3.05, 3.63) is 83.7 Å². The molecule has 0 fully saturated rings. The Hall–Kier alpha value is -3.67. The van der Waals surface area contributed by atoms with Gasteiger partial charge < -0.3 is 15.4 Å². The minimum atomic E-state index is -0.398. The summed E-state index contributed by atoms with van der Waals surface area (Å²) < 4.78 is 5.09. The molecular weight excluding hydrogens is 342 g/mol. The summed E-state index contributed by atoms with van der Waals surface area (Å²) in [5.41, 5.74) is 2.91. The third kappa shape index (κ3) is 4.70. The second kappa shape index (κ2) is 8.14. The van der Waals surface area contributed by atoms with Gasteiger partial charge in [-0.3, -0.25) is 14.6 Å². The number of carbonyl (C=O) groups is 2. The molecule has 6 heteroatoms. The zero-order chi connectivity index (χ0) is 19.2. The van der Waals surface area contributed by atoms with Crippen LogP contribution in [0.2, 0.25) is 0 Å². The van der Waals surface area contributed by atoms with Crippen molar-refractivity contribution in [1.29, 1.82) is 0 Å². The van der Waals surface area contributed by atoms with Crippen LogP contribution in [0.15, 0.2) is 66.9 Å². The summed E-state index contributed by atoms with van der Waals surface area (Å²) in [6.45, 7) is 1.97. The first kappa shape index (κ1) is 18.1. The van der Waals surface area contributed by atoms with Crippen molar-refractivity contribution in [2.45, 2.75) is 6.92 Å². The van der Waals surface area contributed by atoms with E-state index in [9.17, 15) is 9.59 Å². The average Bonchev–Trinajstić information content (AvgIpc) is 2.70. The van der Waals surface area contributed by atoms with Crippen LogP contribution in [-0.4, -0.2) is 23.9 Å². The van der Waals surface area contributed by atoms with E-state index in [1.165, 1.54) is 12.3 Å². The molecule has 27 heavy (non-hydrogen) atoms. The molecular formula is C21H19N3O3. The summed E-state index contributed by atoms with van der Waals surface area (Å²) in [6.07, 6.45) is 1.44. The maximum Gasteiger partial charge on any atom is 0.274 e. The summed E-state index contributed by atoms with van der Waals surface area (Å²) in [5.74, 6) is -0.00852. The van der Waals surface area contributed by atoms with E-state index in [2.05, 4.69) is 15.6 Å². The number of pyridine rings is 1. The van der Waals surface area contributed by atoms with Crippen molar-refractivity contribution in [3.63, 3.8) is 0 Å². The molecule has 0 aliphatic heterocycles. The van der Waals surface area contributed by atoms with Gasteiger partial charge in [0.15, 0.2) is 0 Å². The van der Waals surface area contributed by atoms with Crippen molar-refractivity contribution in [1.82, 2.24) is 4.98 Å². The molecule has 0 aliphatic carbocycles. The van der Waals surface area contributed by atoms with E-state index in [-0.39, 0.29) is 11.6 Å². The largest absolute Gasteiger partial charge is 0.497 e. The van der Waals surface area contributed by atoms with Crippen molar-refractivity contribution < 1.29 is 14.3 Å². The van der Waals surface area contributed by atoms with Gasteiger partial charge in [-0.05, 0) is 55.5 Å². The van der Waals surface area contributed by atoms with Gasteiger partial charge in [0.05, 0.1) is 7.11 Å². The molecule has 2 aromatic carbocycles. The quantitative estimate of drug-likeness (QED) is 0.722. The van der Waals surface area contributed by atoms with Gasteiger partial charge in [0.2, 0.25) is 0 Å². The number of aryl methyl sites for hydroxylation is 1. The fraction of sp³-hybridized carbons (Fsp3) is 0.0952. The number of anilines is 2. The van der Waals surface area contributed by atoms with Crippen molar-refractivity contribution >= 4 is 23.2 Å². The van der Waals surface area contributed by atoms with Crippen LogP contribution >= 0.6 is 0 Å². The Labute approximate surface area is 157 Å². The topological polar surface area (TPSA) is 80.3 Å². The number of hydrogen-bond acceptors (Lipinski definition) is 4. The third-order valence-corrected chi connectivity index (χ3v) is 3.91. The monoisotopic (exact) mass is 361 g/mol. The van der Waals surface area contributed by atoms with Gasteiger partial charge in [-0.25, -0.2) is 0 Å². The molecule has 6 nitrogen and oxygen atoms in total. The minimum Gasteiger partial charge on any atom is -0.497 e. The summed E-state index contributed by atoms with van der Waals surface area (Å²) in [6, 6.07) is 17.4. The fourth-order valence-electron chi connectivity index (χ4n) is 2.41. The number of carbonyl (C=O) groups excluding carboxylic acids is 2. The van der Waals surface area contributed by atoms with Crippen LogP contribution in [0.1, 0.15) is 26.4 Å². The van der Waals surface area contributed by atoms with E-state index >= 15 is 0 Å². The Kier molecular flexibility index (Phi) is 5.47. The molecule has 0 radical (unpaired) electrons. The molecule has 0 atom stereocenters. The molecule has 1 aromatic heterocycles. The molecule has 0 saturated carbocycles. The Morgan fingerprint density at radius 3 is 2.07 bits per heavy atom. The fourth-order valence-corrected chi connectivity index (χ4v) is 2.41. The lowest BCUT2D eigenvalue weighted by Gasteiger charge is -2.08. The number of rotatable bonds is 5. The van der Waals surface area contributed by atoms with Crippen molar-refractivity contribution in [2.24, 2.45) is 0 Å². The summed E-state index contributed by atoms with van der Waals surface area (Å²) in [7, 11) is 1.57. The lowest BCUT2D eigenvalue weighted by atomic mass is 10.2. The standard InChI is InChI=1S/C21H19N3O3/c1-14-3-5-16(6-4-14)23-20(25)15-11-12-22-19(13-15)21(26)24-17-7-9-18(27-2)10-8-17/h3-13H,1-2H3,(H,23,25)(H,24,26). The Bertz CT molecular complexity index is 951. The number of ether oxygens (including phenoxy) is 1. The number of nitrogens with one attached hydrogen (secondary N) is 2. The molecule has 0 unspecified atom stereocenters. The van der Waals surface area contributed by atoms with Gasteiger partial charge >= 0.3 is 0 Å². The predicted molar refractivity (Wildman–Crippen MR) is 104 cm³/mol. The van der Waals surface area contributed by atoms with Gasteiger partial charge in [-0.15, -0.1) is 0 Å². The first-order valence-corrected chi connectivity index (χ1v) is 8.34. The molecule has 0 saturated heterocycles. The van der Waals surface area contributed by atoms with Gasteiger partial charge in [0.25, 0.3) is 11.8 Å². The molecule has 0 aliphatic rings. The number of benzene rings is 2. The normalized spacial score (nSPS) is 10.1. The van der Waals surface area contributed by atoms with E-state index in [0.29, 0.717) is 22.7 Å². The molecule has 1 heterocycles. The van der Waals surface area contributed by atoms with Crippen LogP contribution in [0.4, 0.5) is 11.4 Å². The van der Waals surface area contributed by atoms with E-state index in [1.54, 1.807) is 37.4 Å². The molecule has 0 spiro atoms. The maximum absolute atomic E-state index is 12.4. The zero-order valence-corrected chi connectivity index (χ0v) is 15.0. The van der Waals surface area contributed by atoms with Gasteiger partial charge in [0, 0.05) is 23.1 Å². The van der Waals surface area contributed by atoms with E-state index < -0.39 is 5.91 Å². The van der Waals surface area contributed by atoms with Crippen LogP contribution < -0.4 is 15.4 Å². The molecule has 0 bridgehead atoms. The zero-order valence-electron chi connectivity index (χ0n) is 15.0. The highest BCUT2D eigenvalue weighted by atomic mass is 16.5. The second-order valence-electron chi connectivity index (χ2n) is 5.93. The highest BCUT2D eigenvalue weighted by Gasteiger charge is 2.12. The van der Waals surface area contributed by atoms with Crippen LogP contribution in [0.5, 0.6) is 5.75 Å². The van der Waals surface area contributed by atoms with E-state index in [4.69, 9.17) is 4.74 Å². The number of nitrogens with zero attached hydrogens (tertiary/aromatic N) is 1.